The van der Waals surface area contributed by atoms with Crippen LogP contribution in [-0.4, -0.2) is 40.0 Å². The highest BCUT2D eigenvalue weighted by atomic mass is 16.6. The van der Waals surface area contributed by atoms with Crippen molar-refractivity contribution in [3.05, 3.63) is 72.2 Å². The number of H-pyrrole nitrogens is 1. The van der Waals surface area contributed by atoms with Crippen molar-refractivity contribution in [2.24, 2.45) is 0 Å². The van der Waals surface area contributed by atoms with Gasteiger partial charge in [-0.25, -0.2) is 9.78 Å². The number of nitrogens with one attached hydrogen (secondary N) is 2. The molecule has 0 radical (unpaired) electrons. The van der Waals surface area contributed by atoms with E-state index in [1.807, 2.05) is 30.3 Å². The number of ether oxygens (including phenoxy) is 2. The van der Waals surface area contributed by atoms with Gasteiger partial charge in [0.2, 0.25) is 0 Å². The van der Waals surface area contributed by atoms with Gasteiger partial charge < -0.3 is 24.9 Å². The molecule has 1 amide bonds. The minimum absolute atomic E-state index is 0.337. The van der Waals surface area contributed by atoms with E-state index in [1.54, 1.807) is 33.9 Å². The monoisotopic (exact) mass is 465 g/mol. The van der Waals surface area contributed by atoms with Gasteiger partial charge in [-0.2, -0.15) is 0 Å². The third kappa shape index (κ3) is 7.35. The first-order valence-electron chi connectivity index (χ1n) is 11.6. The van der Waals surface area contributed by atoms with Crippen LogP contribution in [0.4, 0.5) is 4.79 Å². The summed E-state index contributed by atoms with van der Waals surface area (Å²) in [7, 11) is 0. The normalized spacial score (nSPS) is 13.2. The molecular weight excluding hydrogens is 430 g/mol. The van der Waals surface area contributed by atoms with E-state index >= 15 is 0 Å². The number of imidazole rings is 1. The highest BCUT2D eigenvalue weighted by Crippen LogP contribution is 2.25. The Hall–Kier alpha value is -3.32. The summed E-state index contributed by atoms with van der Waals surface area (Å²) >= 11 is 0. The smallest absolute Gasteiger partial charge is 0.408 e. The van der Waals surface area contributed by atoms with Crippen molar-refractivity contribution in [2.75, 3.05) is 13.2 Å². The Morgan fingerprint density at radius 2 is 1.74 bits per heavy atom. The lowest BCUT2D eigenvalue weighted by Gasteiger charge is -2.28. The number of aromatic nitrogens is 2. The molecule has 0 saturated carbocycles. The second-order valence-corrected chi connectivity index (χ2v) is 9.58. The Labute approximate surface area is 201 Å². The summed E-state index contributed by atoms with van der Waals surface area (Å²) in [4.78, 5) is 19.8. The quantitative estimate of drug-likeness (QED) is 0.357. The first-order valence-corrected chi connectivity index (χ1v) is 11.6. The summed E-state index contributed by atoms with van der Waals surface area (Å²) in [6.07, 6.45) is 4.19. The Morgan fingerprint density at radius 1 is 1.03 bits per heavy atom. The van der Waals surface area contributed by atoms with E-state index < -0.39 is 17.2 Å². The van der Waals surface area contributed by atoms with Gasteiger partial charge in [-0.1, -0.05) is 30.3 Å². The Morgan fingerprint density at radius 3 is 2.38 bits per heavy atom. The maximum atomic E-state index is 12.2. The largest absolute Gasteiger partial charge is 0.494 e. The SMILES string of the molecule is CC(C)(C)OC(=O)N[C@@](C)(CO)c1ncc(-c2ccc(OCCCCc3ccccc3)cc2)[nH]1. The van der Waals surface area contributed by atoms with Gasteiger partial charge in [-0.3, -0.25) is 0 Å². The van der Waals surface area contributed by atoms with E-state index in [0.717, 1.165) is 36.3 Å². The van der Waals surface area contributed by atoms with Gasteiger partial charge in [-0.15, -0.1) is 0 Å². The van der Waals surface area contributed by atoms with E-state index in [2.05, 4.69) is 39.6 Å². The molecule has 2 aromatic carbocycles. The minimum Gasteiger partial charge on any atom is -0.494 e. The van der Waals surface area contributed by atoms with Crippen LogP contribution in [0.5, 0.6) is 5.75 Å². The van der Waals surface area contributed by atoms with Crippen LogP contribution in [0.3, 0.4) is 0 Å². The second kappa shape index (κ2) is 11.2. The van der Waals surface area contributed by atoms with E-state index in [0.29, 0.717) is 12.4 Å². The maximum Gasteiger partial charge on any atom is 0.408 e. The fourth-order valence-electron chi connectivity index (χ4n) is 3.45. The molecule has 3 rings (SSSR count). The molecule has 0 fully saturated rings. The average molecular weight is 466 g/mol. The van der Waals surface area contributed by atoms with Gasteiger partial charge in [-0.05, 0) is 82.3 Å². The number of nitrogens with zero attached hydrogens (tertiary/aromatic N) is 1. The molecule has 1 atom stereocenters. The predicted molar refractivity (Wildman–Crippen MR) is 133 cm³/mol. The topological polar surface area (TPSA) is 96.5 Å². The van der Waals surface area contributed by atoms with Crippen LogP contribution < -0.4 is 10.1 Å². The van der Waals surface area contributed by atoms with Crippen molar-refractivity contribution in [1.82, 2.24) is 15.3 Å². The van der Waals surface area contributed by atoms with Crippen molar-refractivity contribution >= 4 is 6.09 Å². The number of aryl methyl sites for hydroxylation is 1. The fourth-order valence-corrected chi connectivity index (χ4v) is 3.45. The first-order chi connectivity index (χ1) is 16.2. The van der Waals surface area contributed by atoms with Crippen molar-refractivity contribution in [3.8, 4) is 17.0 Å². The summed E-state index contributed by atoms with van der Waals surface area (Å²) in [5, 5.41) is 12.6. The molecule has 0 aliphatic carbocycles. The molecule has 34 heavy (non-hydrogen) atoms. The third-order valence-corrected chi connectivity index (χ3v) is 5.33. The molecule has 0 aliphatic heterocycles. The van der Waals surface area contributed by atoms with Crippen LogP contribution in [0.1, 0.15) is 51.9 Å². The van der Waals surface area contributed by atoms with Gasteiger partial charge in [0.25, 0.3) is 0 Å². The lowest BCUT2D eigenvalue weighted by molar-refractivity contribution is 0.0403. The zero-order valence-electron chi connectivity index (χ0n) is 20.4. The molecule has 3 aromatic rings. The molecule has 0 bridgehead atoms. The summed E-state index contributed by atoms with van der Waals surface area (Å²) in [6.45, 7) is 7.38. The lowest BCUT2D eigenvalue weighted by atomic mass is 10.0. The maximum absolute atomic E-state index is 12.2. The van der Waals surface area contributed by atoms with Gasteiger partial charge in [0.1, 0.15) is 22.7 Å². The molecule has 0 spiro atoms. The molecule has 7 heteroatoms. The van der Waals surface area contributed by atoms with Crippen LogP contribution in [-0.2, 0) is 16.7 Å². The number of unbranched alkanes of at least 4 members (excludes halogenated alkanes) is 1. The number of aromatic amines is 1. The molecule has 0 saturated heterocycles. The number of aliphatic hydroxyl groups is 1. The van der Waals surface area contributed by atoms with Crippen molar-refractivity contribution in [3.63, 3.8) is 0 Å². The van der Waals surface area contributed by atoms with E-state index in [1.165, 1.54) is 5.56 Å². The minimum atomic E-state index is -1.11. The number of aliphatic hydroxyl groups excluding tert-OH is 1. The van der Waals surface area contributed by atoms with Crippen molar-refractivity contribution in [2.45, 2.75) is 58.1 Å². The number of hydrogen-bond acceptors (Lipinski definition) is 5. The summed E-state index contributed by atoms with van der Waals surface area (Å²) < 4.78 is 11.2. The van der Waals surface area contributed by atoms with Gasteiger partial charge in [0, 0.05) is 0 Å². The fraction of sp³-hybridized carbons (Fsp3) is 0.407. The number of carbonyl (C=O) groups excluding carboxylic acids is 1. The number of amides is 1. The molecule has 1 heterocycles. The zero-order valence-corrected chi connectivity index (χ0v) is 20.4. The van der Waals surface area contributed by atoms with E-state index in [-0.39, 0.29) is 6.61 Å². The van der Waals surface area contributed by atoms with Crippen LogP contribution in [0, 0.1) is 0 Å². The van der Waals surface area contributed by atoms with E-state index in [4.69, 9.17) is 9.47 Å². The Kier molecular flexibility index (Phi) is 8.34. The first kappa shape index (κ1) is 25.3. The molecule has 1 aromatic heterocycles. The standard InChI is InChI=1S/C27H35N3O4/c1-26(2,3)34-25(32)30-27(4,19-31)24-28-18-23(29-24)21-13-15-22(16-14-21)33-17-9-8-12-20-10-6-5-7-11-20/h5-7,10-11,13-16,18,31H,8-9,12,17,19H2,1-4H3,(H,28,29)(H,30,32)/t27-/m0/s1. The number of alkyl carbamates (subject to hydrolysis) is 1. The summed E-state index contributed by atoms with van der Waals surface area (Å²) in [6, 6.07) is 18.2. The number of hydrogen-bond donors (Lipinski definition) is 3. The number of carbonyl (C=O) groups is 1. The van der Waals surface area contributed by atoms with Gasteiger partial charge >= 0.3 is 6.09 Å². The van der Waals surface area contributed by atoms with Gasteiger partial charge in [0.05, 0.1) is 25.1 Å². The third-order valence-electron chi connectivity index (χ3n) is 5.33. The Balaban J connectivity index is 1.53. The number of benzene rings is 2. The van der Waals surface area contributed by atoms with Crippen LogP contribution >= 0.6 is 0 Å². The summed E-state index contributed by atoms with van der Waals surface area (Å²) in [5.41, 5.74) is 1.30. The second-order valence-electron chi connectivity index (χ2n) is 9.58. The molecule has 7 nitrogen and oxygen atoms in total. The van der Waals surface area contributed by atoms with Crippen LogP contribution in [0.25, 0.3) is 11.3 Å². The molecule has 182 valence electrons. The molecular formula is C27H35N3O4. The van der Waals surface area contributed by atoms with Crippen molar-refractivity contribution < 1.29 is 19.4 Å². The van der Waals surface area contributed by atoms with Crippen molar-refractivity contribution in [1.29, 1.82) is 0 Å². The highest BCUT2D eigenvalue weighted by Gasteiger charge is 2.33. The number of rotatable bonds is 10. The average Bonchev–Trinajstić information content (AvgIpc) is 3.30. The van der Waals surface area contributed by atoms with Gasteiger partial charge in [0.15, 0.2) is 0 Å². The van der Waals surface area contributed by atoms with Crippen LogP contribution in [0.15, 0.2) is 60.8 Å². The van der Waals surface area contributed by atoms with Crippen LogP contribution in [0.2, 0.25) is 0 Å². The molecule has 0 unspecified atom stereocenters. The lowest BCUT2D eigenvalue weighted by Crippen LogP contribution is -2.48. The highest BCUT2D eigenvalue weighted by molar-refractivity contribution is 5.69. The summed E-state index contributed by atoms with van der Waals surface area (Å²) in [5.74, 6) is 1.25. The predicted octanol–water partition coefficient (Wildman–Crippen LogP) is 5.21. The van der Waals surface area contributed by atoms with E-state index in [9.17, 15) is 9.90 Å². The zero-order chi connectivity index (χ0) is 24.6. The molecule has 3 N–H and O–H groups in total. The molecule has 0 aliphatic rings. The Bertz CT molecular complexity index is 1040.